The Balaban J connectivity index is 1.44. The van der Waals surface area contributed by atoms with Crippen LogP contribution in [0.1, 0.15) is 43.6 Å². The number of fused-ring (bicyclic) bond motifs is 1. The van der Waals surface area contributed by atoms with Crippen LogP contribution in [0.5, 0.6) is 5.75 Å². The van der Waals surface area contributed by atoms with Crippen LogP contribution in [0.2, 0.25) is 0 Å². The lowest BCUT2D eigenvalue weighted by Crippen LogP contribution is -2.14. The first-order valence-electron chi connectivity index (χ1n) is 12.8. The number of methoxy groups -OCH3 is 1. The Bertz CT molecular complexity index is 1320. The zero-order valence-corrected chi connectivity index (χ0v) is 21.3. The molecule has 8 heteroatoms. The van der Waals surface area contributed by atoms with Crippen LogP contribution < -0.4 is 10.1 Å². The van der Waals surface area contributed by atoms with E-state index in [2.05, 4.69) is 21.8 Å². The van der Waals surface area contributed by atoms with E-state index in [0.29, 0.717) is 19.2 Å². The normalized spacial score (nSPS) is 14.5. The number of nitrogens with zero attached hydrogens (tertiary/aromatic N) is 4. The molecule has 5 rings (SSSR count). The fraction of sp³-hybridized carbons (Fsp3) is 0.345. The van der Waals surface area contributed by atoms with Gasteiger partial charge in [0.25, 0.3) is 0 Å². The first kappa shape index (κ1) is 24.9. The molecule has 2 aromatic heterocycles. The molecule has 4 aromatic rings. The van der Waals surface area contributed by atoms with Gasteiger partial charge in [-0.15, -0.1) is 0 Å². The van der Waals surface area contributed by atoms with Gasteiger partial charge in [0.2, 0.25) is 5.95 Å². The Morgan fingerprint density at radius 3 is 2.62 bits per heavy atom. The molecule has 2 aromatic carbocycles. The lowest BCUT2D eigenvalue weighted by atomic mass is 10.1. The summed E-state index contributed by atoms with van der Waals surface area (Å²) in [4.78, 5) is 14.2. The molecule has 0 aliphatic carbocycles. The van der Waals surface area contributed by atoms with Gasteiger partial charge >= 0.3 is 0 Å². The minimum absolute atomic E-state index is 0.122. The lowest BCUT2D eigenvalue weighted by Gasteiger charge is -2.18. The molecule has 37 heavy (non-hydrogen) atoms. The number of hydrogen-bond acceptors (Lipinski definition) is 6. The summed E-state index contributed by atoms with van der Waals surface area (Å²) in [5.41, 5.74) is 4.45. The minimum Gasteiger partial charge on any atom is -0.497 e. The molecular weight excluding hydrogens is 469 g/mol. The van der Waals surface area contributed by atoms with E-state index >= 15 is 0 Å². The van der Waals surface area contributed by atoms with E-state index in [-0.39, 0.29) is 11.9 Å². The molecule has 0 radical (unpaired) electrons. The van der Waals surface area contributed by atoms with E-state index in [4.69, 9.17) is 19.4 Å². The zero-order valence-electron chi connectivity index (χ0n) is 21.3. The van der Waals surface area contributed by atoms with Crippen LogP contribution in [0.25, 0.3) is 22.6 Å². The van der Waals surface area contributed by atoms with E-state index in [1.807, 2.05) is 30.3 Å². The highest BCUT2D eigenvalue weighted by Gasteiger charge is 2.31. The predicted molar refractivity (Wildman–Crippen MR) is 142 cm³/mol. The summed E-state index contributed by atoms with van der Waals surface area (Å²) < 4.78 is 27.4. The maximum atomic E-state index is 13.7. The smallest absolute Gasteiger partial charge is 0.223 e. The third-order valence-corrected chi connectivity index (χ3v) is 6.62. The van der Waals surface area contributed by atoms with E-state index in [0.717, 1.165) is 72.0 Å². The Morgan fingerprint density at radius 2 is 1.86 bits per heavy atom. The van der Waals surface area contributed by atoms with Crippen LogP contribution in [0.15, 0.2) is 60.8 Å². The Kier molecular flexibility index (Phi) is 7.75. The fourth-order valence-corrected chi connectivity index (χ4v) is 4.67. The third-order valence-electron chi connectivity index (χ3n) is 6.62. The van der Waals surface area contributed by atoms with Crippen molar-refractivity contribution in [1.29, 1.82) is 0 Å². The minimum atomic E-state index is -0.272. The van der Waals surface area contributed by atoms with Crippen molar-refractivity contribution in [3.05, 3.63) is 78.0 Å². The number of benzene rings is 2. The second kappa shape index (κ2) is 11.5. The van der Waals surface area contributed by atoms with Crippen LogP contribution in [-0.4, -0.2) is 39.8 Å². The van der Waals surface area contributed by atoms with E-state index in [9.17, 15) is 4.39 Å². The van der Waals surface area contributed by atoms with Gasteiger partial charge in [-0.3, -0.25) is 0 Å². The molecule has 0 saturated heterocycles. The Morgan fingerprint density at radius 1 is 1.05 bits per heavy atom. The van der Waals surface area contributed by atoms with Crippen LogP contribution >= 0.6 is 0 Å². The molecule has 0 saturated carbocycles. The summed E-state index contributed by atoms with van der Waals surface area (Å²) in [5, 5.41) is 3.32. The highest BCUT2D eigenvalue weighted by molar-refractivity contribution is 5.78. The van der Waals surface area contributed by atoms with E-state index < -0.39 is 0 Å². The molecule has 1 aliphatic rings. The van der Waals surface area contributed by atoms with Crippen LogP contribution in [0, 0.1) is 5.82 Å². The standard InChI is InChI=1S/C29H32FN5O2/c1-3-4-16-31-29-32-17-15-25(33-29)28-27(21-7-9-22(30)10-8-21)34-26-14-11-23(35(26)28)19-37-18-20-5-12-24(36-2)13-6-20/h5-10,12-13,15,17,23H,3-4,11,14,16,18-19H2,1-2H3,(H,31,32,33)/t23-/m1/s1. The van der Waals surface area contributed by atoms with Crippen LogP contribution in [-0.2, 0) is 17.8 Å². The van der Waals surface area contributed by atoms with Gasteiger partial charge in [0.05, 0.1) is 43.4 Å². The van der Waals surface area contributed by atoms with Crippen molar-refractivity contribution in [3.63, 3.8) is 0 Å². The molecule has 1 aliphatic heterocycles. The number of aryl methyl sites for hydroxylation is 1. The highest BCUT2D eigenvalue weighted by Crippen LogP contribution is 2.39. The average molecular weight is 502 g/mol. The fourth-order valence-electron chi connectivity index (χ4n) is 4.67. The summed E-state index contributed by atoms with van der Waals surface area (Å²) in [6.45, 7) is 4.04. The summed E-state index contributed by atoms with van der Waals surface area (Å²) >= 11 is 0. The largest absolute Gasteiger partial charge is 0.497 e. The number of unbranched alkanes of at least 4 members (excludes halogenated alkanes) is 1. The van der Waals surface area contributed by atoms with Gasteiger partial charge in [0, 0.05) is 24.7 Å². The van der Waals surface area contributed by atoms with Gasteiger partial charge in [-0.1, -0.05) is 25.5 Å². The number of anilines is 1. The molecule has 0 bridgehead atoms. The second-order valence-corrected chi connectivity index (χ2v) is 9.20. The number of imidazole rings is 1. The SMILES string of the molecule is CCCCNc1nccc(-c2c(-c3ccc(F)cc3)nc3n2[C@@H](COCc2ccc(OC)cc2)CC3)n1. The third kappa shape index (κ3) is 5.64. The van der Waals surface area contributed by atoms with Crippen molar-refractivity contribution < 1.29 is 13.9 Å². The number of nitrogens with one attached hydrogen (secondary N) is 1. The van der Waals surface area contributed by atoms with E-state index in [1.54, 1.807) is 25.4 Å². The van der Waals surface area contributed by atoms with Gasteiger partial charge in [0.15, 0.2) is 0 Å². The van der Waals surface area contributed by atoms with Crippen molar-refractivity contribution >= 4 is 5.95 Å². The maximum absolute atomic E-state index is 13.7. The molecule has 1 atom stereocenters. The molecule has 1 N–H and O–H groups in total. The zero-order chi connectivity index (χ0) is 25.6. The summed E-state index contributed by atoms with van der Waals surface area (Å²) in [5.74, 6) is 2.14. The van der Waals surface area contributed by atoms with Crippen LogP contribution in [0.3, 0.4) is 0 Å². The monoisotopic (exact) mass is 501 g/mol. The average Bonchev–Trinajstić information content (AvgIpc) is 3.50. The van der Waals surface area contributed by atoms with Gasteiger partial charge in [-0.2, -0.15) is 0 Å². The maximum Gasteiger partial charge on any atom is 0.223 e. The molecule has 0 amide bonds. The predicted octanol–water partition coefficient (Wildman–Crippen LogP) is 6.07. The van der Waals surface area contributed by atoms with Crippen molar-refractivity contribution in [2.24, 2.45) is 0 Å². The van der Waals surface area contributed by atoms with Crippen molar-refractivity contribution in [2.45, 2.75) is 45.3 Å². The van der Waals surface area contributed by atoms with Gasteiger partial charge < -0.3 is 19.4 Å². The highest BCUT2D eigenvalue weighted by atomic mass is 19.1. The molecule has 7 nitrogen and oxygen atoms in total. The molecule has 0 spiro atoms. The number of rotatable bonds is 11. The van der Waals surface area contributed by atoms with Gasteiger partial charge in [-0.25, -0.2) is 19.3 Å². The quantitative estimate of drug-likeness (QED) is 0.252. The first-order chi connectivity index (χ1) is 18.2. The summed E-state index contributed by atoms with van der Waals surface area (Å²) in [6.07, 6.45) is 5.70. The number of halogens is 1. The Hall–Kier alpha value is -3.78. The van der Waals surface area contributed by atoms with Crippen molar-refractivity contribution in [3.8, 4) is 28.4 Å². The second-order valence-electron chi connectivity index (χ2n) is 9.20. The topological polar surface area (TPSA) is 74.1 Å². The van der Waals surface area contributed by atoms with Gasteiger partial charge in [-0.05, 0) is 60.9 Å². The molecule has 0 unspecified atom stereocenters. The van der Waals surface area contributed by atoms with E-state index in [1.165, 1.54) is 12.1 Å². The lowest BCUT2D eigenvalue weighted by molar-refractivity contribution is 0.0924. The number of aromatic nitrogens is 4. The van der Waals surface area contributed by atoms with Crippen molar-refractivity contribution in [1.82, 2.24) is 19.5 Å². The number of hydrogen-bond donors (Lipinski definition) is 1. The molecular formula is C29H32FN5O2. The number of ether oxygens (including phenoxy) is 2. The van der Waals surface area contributed by atoms with Crippen molar-refractivity contribution in [2.75, 3.05) is 25.6 Å². The Labute approximate surface area is 216 Å². The summed E-state index contributed by atoms with van der Waals surface area (Å²) in [7, 11) is 1.66. The first-order valence-corrected chi connectivity index (χ1v) is 12.8. The van der Waals surface area contributed by atoms with Gasteiger partial charge in [0.1, 0.15) is 17.4 Å². The molecule has 0 fully saturated rings. The molecule has 3 heterocycles. The van der Waals surface area contributed by atoms with Crippen LogP contribution in [0.4, 0.5) is 10.3 Å². The molecule has 192 valence electrons. The summed E-state index contributed by atoms with van der Waals surface area (Å²) in [6, 6.07) is 16.4.